The Balaban J connectivity index is 1.44. The molecule has 0 heterocycles. The summed E-state index contributed by atoms with van der Waals surface area (Å²) in [5.41, 5.74) is 6.83. The Morgan fingerprint density at radius 2 is 0.913 bits per heavy atom. The molecule has 0 amide bonds. The van der Waals surface area contributed by atoms with Crippen molar-refractivity contribution in [2.45, 2.75) is 0 Å². The van der Waals surface area contributed by atoms with Crippen molar-refractivity contribution < 1.29 is 0 Å². The fraction of sp³-hybridized carbons (Fsp3) is 0. The summed E-state index contributed by atoms with van der Waals surface area (Å²) in [7, 11) is 0. The van der Waals surface area contributed by atoms with Crippen LogP contribution < -0.4 is 9.80 Å². The summed E-state index contributed by atoms with van der Waals surface area (Å²) in [6.45, 7) is 7.94. The number of hydrogen-bond acceptors (Lipinski definition) is 3. The van der Waals surface area contributed by atoms with Gasteiger partial charge in [-0.05, 0) is 76.1 Å². The molecule has 0 N–H and O–H groups in total. The summed E-state index contributed by atoms with van der Waals surface area (Å²) >= 11 is 0. The van der Waals surface area contributed by atoms with Crippen molar-refractivity contribution in [1.29, 1.82) is 5.26 Å². The minimum absolute atomic E-state index is 0.592. The Morgan fingerprint density at radius 1 is 0.457 bits per heavy atom. The van der Waals surface area contributed by atoms with Gasteiger partial charge in [-0.3, -0.25) is 0 Å². The predicted molar refractivity (Wildman–Crippen MR) is 190 cm³/mol. The average molecular weight is 587 g/mol. The SMILES string of the molecule is [C-]#[N+]c1ccccc1N(c1ccccc1)c1ccc2ccc3c(N(c4ccccc4)c4ccccc4C#N)ccc4ccc1c2c43. The van der Waals surface area contributed by atoms with Crippen LogP contribution in [0, 0.1) is 17.9 Å². The van der Waals surface area contributed by atoms with Gasteiger partial charge in [0.05, 0.1) is 34.9 Å². The molecule has 4 heteroatoms. The highest BCUT2D eigenvalue weighted by molar-refractivity contribution is 6.28. The van der Waals surface area contributed by atoms with E-state index in [1.54, 1.807) is 0 Å². The largest absolute Gasteiger partial charge is 0.320 e. The molecule has 0 aliphatic rings. The van der Waals surface area contributed by atoms with E-state index < -0.39 is 0 Å². The molecule has 0 aromatic heterocycles. The first-order valence-corrected chi connectivity index (χ1v) is 15.1. The number of para-hydroxylation sites is 5. The lowest BCUT2D eigenvalue weighted by Crippen LogP contribution is -2.12. The van der Waals surface area contributed by atoms with Crippen molar-refractivity contribution in [2.24, 2.45) is 0 Å². The smallest absolute Gasteiger partial charge is 0.210 e. The highest BCUT2D eigenvalue weighted by Crippen LogP contribution is 2.48. The fourth-order valence-corrected chi connectivity index (χ4v) is 6.64. The summed E-state index contributed by atoms with van der Waals surface area (Å²) in [5, 5.41) is 16.9. The first kappa shape index (κ1) is 27.0. The van der Waals surface area contributed by atoms with Crippen molar-refractivity contribution in [3.8, 4) is 6.07 Å². The van der Waals surface area contributed by atoms with Crippen LogP contribution >= 0.6 is 0 Å². The van der Waals surface area contributed by atoms with Gasteiger partial charge < -0.3 is 9.80 Å². The molecule has 0 bridgehead atoms. The third-order valence-corrected chi connectivity index (χ3v) is 8.64. The summed E-state index contributed by atoms with van der Waals surface area (Å²) in [6.07, 6.45) is 0. The molecular formula is C42H26N4. The Hall–Kier alpha value is -6.62. The summed E-state index contributed by atoms with van der Waals surface area (Å²) in [5.74, 6) is 0. The molecule has 0 saturated carbocycles. The molecule has 4 nitrogen and oxygen atoms in total. The second-order valence-electron chi connectivity index (χ2n) is 11.2. The van der Waals surface area contributed by atoms with Crippen LogP contribution in [0.15, 0.2) is 158 Å². The summed E-state index contributed by atoms with van der Waals surface area (Å²) in [6, 6.07) is 55.9. The number of hydrogen-bond donors (Lipinski definition) is 0. The molecule has 8 rings (SSSR count). The number of nitriles is 1. The maximum Gasteiger partial charge on any atom is 0.210 e. The average Bonchev–Trinajstić information content (AvgIpc) is 3.13. The minimum atomic E-state index is 0.592. The van der Waals surface area contributed by atoms with Crippen molar-refractivity contribution in [3.63, 3.8) is 0 Å². The van der Waals surface area contributed by atoms with E-state index in [0.29, 0.717) is 11.3 Å². The monoisotopic (exact) mass is 586 g/mol. The number of benzene rings is 8. The molecule has 214 valence electrons. The summed E-state index contributed by atoms with van der Waals surface area (Å²) in [4.78, 5) is 8.27. The molecule has 0 spiro atoms. The lowest BCUT2D eigenvalue weighted by molar-refractivity contribution is 1.28. The topological polar surface area (TPSA) is 34.6 Å². The Bertz CT molecular complexity index is 2280. The quantitative estimate of drug-likeness (QED) is 0.144. The third kappa shape index (κ3) is 4.29. The zero-order chi connectivity index (χ0) is 31.0. The molecule has 46 heavy (non-hydrogen) atoms. The Morgan fingerprint density at radius 3 is 1.46 bits per heavy atom. The van der Waals surface area contributed by atoms with E-state index in [4.69, 9.17) is 6.57 Å². The second kappa shape index (κ2) is 11.1. The first-order valence-electron chi connectivity index (χ1n) is 15.1. The highest BCUT2D eigenvalue weighted by Gasteiger charge is 2.23. The van der Waals surface area contributed by atoms with Crippen molar-refractivity contribution in [1.82, 2.24) is 0 Å². The zero-order valence-corrected chi connectivity index (χ0v) is 24.8. The van der Waals surface area contributed by atoms with E-state index in [0.717, 1.165) is 66.4 Å². The fourth-order valence-electron chi connectivity index (χ4n) is 6.64. The van der Waals surface area contributed by atoms with Gasteiger partial charge in [0.25, 0.3) is 0 Å². The predicted octanol–water partition coefficient (Wildman–Crippen LogP) is 11.9. The molecule has 0 unspecified atom stereocenters. The minimum Gasteiger partial charge on any atom is -0.320 e. The van der Waals surface area contributed by atoms with Crippen LogP contribution in [-0.2, 0) is 0 Å². The number of nitrogens with zero attached hydrogens (tertiary/aromatic N) is 4. The molecule has 0 fully saturated rings. The molecule has 8 aromatic carbocycles. The second-order valence-corrected chi connectivity index (χ2v) is 11.2. The highest BCUT2D eigenvalue weighted by atomic mass is 15.2. The number of anilines is 6. The lowest BCUT2D eigenvalue weighted by Gasteiger charge is -2.30. The molecule has 8 aromatic rings. The molecular weight excluding hydrogens is 560 g/mol. The van der Waals surface area contributed by atoms with Crippen molar-refractivity contribution in [3.05, 3.63) is 175 Å². The van der Waals surface area contributed by atoms with Gasteiger partial charge in [0.1, 0.15) is 6.07 Å². The molecule has 0 radical (unpaired) electrons. The first-order chi connectivity index (χ1) is 22.8. The summed E-state index contributed by atoms with van der Waals surface area (Å²) < 4.78 is 0. The van der Waals surface area contributed by atoms with Crippen LogP contribution in [0.5, 0.6) is 0 Å². The van der Waals surface area contributed by atoms with Crippen LogP contribution in [0.4, 0.5) is 39.8 Å². The van der Waals surface area contributed by atoms with Gasteiger partial charge in [0.15, 0.2) is 0 Å². The lowest BCUT2D eigenvalue weighted by atomic mass is 9.91. The molecule has 0 atom stereocenters. The number of rotatable bonds is 6. The molecule has 0 aliphatic heterocycles. The normalized spacial score (nSPS) is 11.0. The van der Waals surface area contributed by atoms with Gasteiger partial charge in [-0.15, -0.1) is 0 Å². The molecule has 0 saturated heterocycles. The zero-order valence-electron chi connectivity index (χ0n) is 24.8. The van der Waals surface area contributed by atoms with Crippen LogP contribution in [0.25, 0.3) is 37.2 Å². The van der Waals surface area contributed by atoms with E-state index in [9.17, 15) is 5.26 Å². The maximum atomic E-state index is 10.1. The van der Waals surface area contributed by atoms with E-state index in [-0.39, 0.29) is 0 Å². The van der Waals surface area contributed by atoms with Gasteiger partial charge in [-0.2, -0.15) is 5.26 Å². The Labute approximate surface area is 267 Å². The van der Waals surface area contributed by atoms with E-state index in [1.807, 2.05) is 84.9 Å². The van der Waals surface area contributed by atoms with Crippen LogP contribution in [0.1, 0.15) is 5.56 Å². The van der Waals surface area contributed by atoms with E-state index >= 15 is 0 Å². The van der Waals surface area contributed by atoms with Crippen molar-refractivity contribution >= 4 is 72.1 Å². The van der Waals surface area contributed by atoms with Crippen LogP contribution in [0.2, 0.25) is 0 Å². The van der Waals surface area contributed by atoms with Gasteiger partial charge in [-0.25, -0.2) is 4.85 Å². The standard InChI is InChI=1S/C42H26N4/c1-44-36-17-9-11-19-40(36)46(33-15-6-3-7-16-33)39-27-23-30-20-24-34-38(26-22-29-21-25-35(39)42(30)41(29)34)45(32-13-4-2-5-14-32)37-18-10-8-12-31(37)28-43/h2-27H. The van der Waals surface area contributed by atoms with Gasteiger partial charge in [-0.1, -0.05) is 103 Å². The van der Waals surface area contributed by atoms with Crippen LogP contribution in [-0.4, -0.2) is 0 Å². The third-order valence-electron chi connectivity index (χ3n) is 8.64. The van der Waals surface area contributed by atoms with Gasteiger partial charge >= 0.3 is 0 Å². The van der Waals surface area contributed by atoms with E-state index in [1.165, 1.54) is 0 Å². The van der Waals surface area contributed by atoms with Crippen LogP contribution in [0.3, 0.4) is 0 Å². The maximum absolute atomic E-state index is 10.1. The van der Waals surface area contributed by atoms with Gasteiger partial charge in [0.2, 0.25) is 5.69 Å². The Kier molecular flexibility index (Phi) is 6.53. The molecule has 0 aliphatic carbocycles. The van der Waals surface area contributed by atoms with E-state index in [2.05, 4.69) is 93.5 Å². The van der Waals surface area contributed by atoms with Crippen molar-refractivity contribution in [2.75, 3.05) is 9.80 Å². The van der Waals surface area contributed by atoms with Gasteiger partial charge in [0, 0.05) is 22.1 Å².